The molecule has 5 nitrogen and oxygen atoms in total. The molecule has 0 amide bonds. The number of methoxy groups -OCH3 is 1. The predicted octanol–water partition coefficient (Wildman–Crippen LogP) is 3.71. The van der Waals surface area contributed by atoms with Crippen LogP contribution in [0.1, 0.15) is 36.2 Å². The number of ether oxygens (including phenoxy) is 1. The first kappa shape index (κ1) is 19.0. The second-order valence-corrected chi connectivity index (χ2v) is 6.97. The van der Waals surface area contributed by atoms with Gasteiger partial charge >= 0.3 is 7.60 Å². The van der Waals surface area contributed by atoms with Crippen molar-refractivity contribution in [2.45, 2.75) is 26.7 Å². The molecule has 0 aromatic heterocycles. The van der Waals surface area contributed by atoms with Gasteiger partial charge in [-0.2, -0.15) is 0 Å². The van der Waals surface area contributed by atoms with E-state index >= 15 is 0 Å². The Morgan fingerprint density at radius 2 is 1.86 bits per heavy atom. The molecule has 0 spiro atoms. The molecule has 0 aliphatic heterocycles. The second-order valence-electron chi connectivity index (χ2n) is 4.79. The van der Waals surface area contributed by atoms with Crippen molar-refractivity contribution in [2.75, 3.05) is 33.1 Å². The lowest BCUT2D eigenvalue weighted by atomic mass is 10.0. The zero-order valence-electron chi connectivity index (χ0n) is 13.5. The van der Waals surface area contributed by atoms with Gasteiger partial charge in [-0.3, -0.25) is 9.36 Å². The molecule has 22 heavy (non-hydrogen) atoms. The largest absolute Gasteiger partial charge is 0.384 e. The molecule has 0 saturated carbocycles. The number of hydrogen-bond acceptors (Lipinski definition) is 5. The first-order valence-electron chi connectivity index (χ1n) is 7.54. The SMILES string of the molecule is CCOP(=O)(CCC(=O)c1cccc(CCOC)c1)OCC. The van der Waals surface area contributed by atoms with E-state index in [1.54, 1.807) is 27.0 Å². The molecule has 0 bridgehead atoms. The number of benzene rings is 1. The highest BCUT2D eigenvalue weighted by Crippen LogP contribution is 2.48. The van der Waals surface area contributed by atoms with Crippen molar-refractivity contribution in [2.24, 2.45) is 0 Å². The van der Waals surface area contributed by atoms with Crippen LogP contribution in [0.15, 0.2) is 24.3 Å². The lowest BCUT2D eigenvalue weighted by Crippen LogP contribution is -2.07. The molecule has 1 aromatic carbocycles. The maximum atomic E-state index is 12.3. The number of Topliss-reactive ketones (excluding diaryl/α,β-unsaturated/α-hetero) is 1. The maximum Gasteiger partial charge on any atom is 0.331 e. The van der Waals surface area contributed by atoms with Crippen LogP contribution in [0.2, 0.25) is 0 Å². The van der Waals surface area contributed by atoms with Crippen LogP contribution >= 0.6 is 7.60 Å². The molecule has 0 heterocycles. The summed E-state index contributed by atoms with van der Waals surface area (Å²) >= 11 is 0. The molecule has 0 fully saturated rings. The third-order valence-electron chi connectivity index (χ3n) is 3.11. The average Bonchev–Trinajstić information content (AvgIpc) is 2.51. The van der Waals surface area contributed by atoms with E-state index in [4.69, 9.17) is 13.8 Å². The van der Waals surface area contributed by atoms with Crippen molar-refractivity contribution >= 4 is 13.4 Å². The number of carbonyl (C=O) groups excluding carboxylic acids is 1. The Hall–Kier alpha value is -1.00. The van der Waals surface area contributed by atoms with E-state index in [1.807, 2.05) is 18.2 Å². The van der Waals surface area contributed by atoms with Gasteiger partial charge in [-0.05, 0) is 31.9 Å². The van der Waals surface area contributed by atoms with Crippen molar-refractivity contribution in [1.29, 1.82) is 0 Å². The molecule has 0 radical (unpaired) electrons. The van der Waals surface area contributed by atoms with Gasteiger partial charge in [-0.15, -0.1) is 0 Å². The van der Waals surface area contributed by atoms with Gasteiger partial charge < -0.3 is 13.8 Å². The van der Waals surface area contributed by atoms with Gasteiger partial charge in [0.05, 0.1) is 26.0 Å². The van der Waals surface area contributed by atoms with Gasteiger partial charge in [-0.25, -0.2) is 0 Å². The molecule has 0 aliphatic rings. The molecule has 6 heteroatoms. The van der Waals surface area contributed by atoms with Crippen molar-refractivity contribution in [3.63, 3.8) is 0 Å². The summed E-state index contributed by atoms with van der Waals surface area (Å²) in [7, 11) is -1.52. The number of carbonyl (C=O) groups is 1. The van der Waals surface area contributed by atoms with E-state index in [0.29, 0.717) is 25.4 Å². The molecule has 0 atom stereocenters. The Kier molecular flexibility index (Phi) is 8.57. The summed E-state index contributed by atoms with van der Waals surface area (Å²) in [5, 5.41) is 0. The number of ketones is 1. The highest BCUT2D eigenvalue weighted by Gasteiger charge is 2.24. The van der Waals surface area contributed by atoms with Crippen LogP contribution in [0.25, 0.3) is 0 Å². The van der Waals surface area contributed by atoms with E-state index in [9.17, 15) is 9.36 Å². The second kappa shape index (κ2) is 9.90. The molecule has 0 aliphatic carbocycles. The summed E-state index contributed by atoms with van der Waals surface area (Å²) in [4.78, 5) is 12.3. The van der Waals surface area contributed by atoms with E-state index < -0.39 is 7.60 Å². The molecular formula is C16H25O5P. The average molecular weight is 328 g/mol. The van der Waals surface area contributed by atoms with Crippen LogP contribution in [-0.2, 0) is 24.8 Å². The lowest BCUT2D eigenvalue weighted by molar-refractivity contribution is 0.0984. The minimum absolute atomic E-state index is 0.0566. The Labute approximate surface area is 132 Å². The topological polar surface area (TPSA) is 61.8 Å². The van der Waals surface area contributed by atoms with Crippen LogP contribution in [-0.4, -0.2) is 38.9 Å². The predicted molar refractivity (Wildman–Crippen MR) is 86.7 cm³/mol. The summed E-state index contributed by atoms with van der Waals surface area (Å²) < 4.78 is 27.8. The molecule has 0 N–H and O–H groups in total. The Morgan fingerprint density at radius 3 is 2.45 bits per heavy atom. The molecule has 124 valence electrons. The molecule has 1 rings (SSSR count). The van der Waals surface area contributed by atoms with E-state index in [-0.39, 0.29) is 18.4 Å². The van der Waals surface area contributed by atoms with E-state index in [2.05, 4.69) is 0 Å². The molecule has 0 unspecified atom stereocenters. The smallest absolute Gasteiger partial charge is 0.331 e. The van der Waals surface area contributed by atoms with Gasteiger partial charge in [0.2, 0.25) is 0 Å². The van der Waals surface area contributed by atoms with Crippen molar-refractivity contribution in [1.82, 2.24) is 0 Å². The van der Waals surface area contributed by atoms with Crippen LogP contribution < -0.4 is 0 Å². The van der Waals surface area contributed by atoms with Crippen LogP contribution in [0.3, 0.4) is 0 Å². The zero-order chi connectivity index (χ0) is 16.4. The fourth-order valence-corrected chi connectivity index (χ4v) is 3.66. The summed E-state index contributed by atoms with van der Waals surface area (Å²) in [6, 6.07) is 7.43. The first-order chi connectivity index (χ1) is 10.5. The summed E-state index contributed by atoms with van der Waals surface area (Å²) in [6.07, 6.45) is 1.01. The highest BCUT2D eigenvalue weighted by molar-refractivity contribution is 7.53. The monoisotopic (exact) mass is 328 g/mol. The molecular weight excluding hydrogens is 303 g/mol. The highest BCUT2D eigenvalue weighted by atomic mass is 31.2. The maximum absolute atomic E-state index is 12.3. The third kappa shape index (κ3) is 6.41. The van der Waals surface area contributed by atoms with Crippen molar-refractivity contribution < 1.29 is 23.1 Å². The van der Waals surface area contributed by atoms with E-state index in [1.165, 1.54) is 0 Å². The van der Waals surface area contributed by atoms with Gasteiger partial charge in [0.15, 0.2) is 5.78 Å². The summed E-state index contributed by atoms with van der Waals surface area (Å²) in [5.41, 5.74) is 1.67. The van der Waals surface area contributed by atoms with Crippen molar-refractivity contribution in [3.8, 4) is 0 Å². The Bertz CT molecular complexity index is 505. The van der Waals surface area contributed by atoms with Gasteiger partial charge in [0, 0.05) is 19.1 Å². The van der Waals surface area contributed by atoms with Gasteiger partial charge in [0.1, 0.15) is 0 Å². The van der Waals surface area contributed by atoms with Crippen LogP contribution in [0, 0.1) is 0 Å². The molecule has 1 aromatic rings. The number of rotatable bonds is 11. The summed E-state index contributed by atoms with van der Waals surface area (Å²) in [6.45, 7) is 4.73. The normalized spacial score (nSPS) is 11.6. The van der Waals surface area contributed by atoms with E-state index in [0.717, 1.165) is 12.0 Å². The fourth-order valence-electron chi connectivity index (χ4n) is 2.06. The van der Waals surface area contributed by atoms with Crippen LogP contribution in [0.5, 0.6) is 0 Å². The fraction of sp³-hybridized carbons (Fsp3) is 0.562. The summed E-state index contributed by atoms with van der Waals surface area (Å²) in [5.74, 6) is -0.0566. The Morgan fingerprint density at radius 1 is 1.18 bits per heavy atom. The minimum atomic E-state index is -3.16. The zero-order valence-corrected chi connectivity index (χ0v) is 14.4. The van der Waals surface area contributed by atoms with Crippen LogP contribution in [0.4, 0.5) is 0 Å². The first-order valence-corrected chi connectivity index (χ1v) is 9.26. The number of hydrogen-bond donors (Lipinski definition) is 0. The van der Waals surface area contributed by atoms with Crippen molar-refractivity contribution in [3.05, 3.63) is 35.4 Å². The quantitative estimate of drug-likeness (QED) is 0.458. The third-order valence-corrected chi connectivity index (χ3v) is 5.18. The lowest BCUT2D eigenvalue weighted by Gasteiger charge is -2.16. The molecule has 0 saturated heterocycles. The standard InChI is InChI=1S/C16H25O5P/c1-4-20-22(18,21-5-2)12-10-16(17)15-8-6-7-14(13-15)9-11-19-3/h6-8,13H,4-5,9-12H2,1-3H3. The Balaban J connectivity index is 2.66. The van der Waals surface area contributed by atoms with Gasteiger partial charge in [-0.1, -0.05) is 18.2 Å². The minimum Gasteiger partial charge on any atom is -0.384 e. The van der Waals surface area contributed by atoms with Gasteiger partial charge in [0.25, 0.3) is 0 Å².